The monoisotopic (exact) mass is 311 g/mol. The number of furan rings is 1. The molecule has 0 saturated carbocycles. The molecule has 1 atom stereocenters. The van der Waals surface area contributed by atoms with Crippen molar-refractivity contribution in [3.8, 4) is 0 Å². The fraction of sp³-hybridized carbons (Fsp3) is 0.188. The van der Waals surface area contributed by atoms with Gasteiger partial charge in [0, 0.05) is 0 Å². The molecular weight excluding hydrogens is 298 g/mol. The highest BCUT2D eigenvalue weighted by Gasteiger charge is 2.51. The van der Waals surface area contributed by atoms with Crippen molar-refractivity contribution in [3.05, 3.63) is 54.3 Å². The molecule has 2 aromatic heterocycles. The molecule has 4 rings (SSSR count). The van der Waals surface area contributed by atoms with Crippen LogP contribution in [0.1, 0.15) is 18.6 Å². The third kappa shape index (κ3) is 2.01. The SMILES string of the molecule is C[C@]1(c2ccco2)NC(=O)N(Cc2nc3ccccc3o2)C1=O. The van der Waals surface area contributed by atoms with Gasteiger partial charge in [-0.2, -0.15) is 0 Å². The maximum absolute atomic E-state index is 12.7. The van der Waals surface area contributed by atoms with Crippen molar-refractivity contribution in [3.63, 3.8) is 0 Å². The minimum atomic E-state index is -1.22. The number of carbonyl (C=O) groups is 2. The quantitative estimate of drug-likeness (QED) is 0.750. The Balaban J connectivity index is 1.64. The van der Waals surface area contributed by atoms with Gasteiger partial charge in [0.15, 0.2) is 11.1 Å². The summed E-state index contributed by atoms with van der Waals surface area (Å²) in [4.78, 5) is 30.2. The molecule has 0 radical (unpaired) electrons. The van der Waals surface area contributed by atoms with Crippen molar-refractivity contribution in [1.82, 2.24) is 15.2 Å². The average molecular weight is 311 g/mol. The number of hydrogen-bond donors (Lipinski definition) is 1. The fourth-order valence-electron chi connectivity index (χ4n) is 2.69. The van der Waals surface area contributed by atoms with Gasteiger partial charge in [0.25, 0.3) is 5.91 Å². The number of para-hydroxylation sites is 2. The maximum Gasteiger partial charge on any atom is 0.325 e. The van der Waals surface area contributed by atoms with Gasteiger partial charge in [-0.3, -0.25) is 9.69 Å². The fourth-order valence-corrected chi connectivity index (χ4v) is 2.69. The van der Waals surface area contributed by atoms with Gasteiger partial charge >= 0.3 is 6.03 Å². The van der Waals surface area contributed by atoms with Crippen molar-refractivity contribution in [2.75, 3.05) is 0 Å². The van der Waals surface area contributed by atoms with Crippen molar-refractivity contribution in [2.45, 2.75) is 19.0 Å². The third-order valence-electron chi connectivity index (χ3n) is 3.92. The van der Waals surface area contributed by atoms with E-state index < -0.39 is 17.5 Å². The van der Waals surface area contributed by atoms with E-state index in [1.54, 1.807) is 31.2 Å². The molecule has 1 N–H and O–H groups in total. The molecule has 1 aliphatic rings. The lowest BCUT2D eigenvalue weighted by Gasteiger charge is -2.18. The van der Waals surface area contributed by atoms with E-state index in [9.17, 15) is 9.59 Å². The molecule has 0 spiro atoms. The minimum absolute atomic E-state index is 0.0321. The van der Waals surface area contributed by atoms with E-state index in [-0.39, 0.29) is 6.54 Å². The Labute approximate surface area is 130 Å². The number of rotatable bonds is 3. The summed E-state index contributed by atoms with van der Waals surface area (Å²) in [6.07, 6.45) is 1.46. The molecule has 3 aromatic rings. The first kappa shape index (κ1) is 13.6. The van der Waals surface area contributed by atoms with Crippen LogP contribution < -0.4 is 5.32 Å². The predicted octanol–water partition coefficient (Wildman–Crippen LogP) is 2.39. The van der Waals surface area contributed by atoms with Gasteiger partial charge in [-0.15, -0.1) is 0 Å². The molecule has 3 heterocycles. The van der Waals surface area contributed by atoms with E-state index in [1.807, 2.05) is 12.1 Å². The molecule has 23 heavy (non-hydrogen) atoms. The Bertz CT molecular complexity index is 866. The topological polar surface area (TPSA) is 88.6 Å². The summed E-state index contributed by atoms with van der Waals surface area (Å²) in [5, 5.41) is 2.66. The summed E-state index contributed by atoms with van der Waals surface area (Å²) < 4.78 is 10.9. The lowest BCUT2D eigenvalue weighted by atomic mass is 9.99. The van der Waals surface area contributed by atoms with Gasteiger partial charge in [-0.05, 0) is 31.2 Å². The summed E-state index contributed by atoms with van der Waals surface area (Å²) in [6, 6.07) is 10.1. The second kappa shape index (κ2) is 4.70. The smallest absolute Gasteiger partial charge is 0.325 e. The van der Waals surface area contributed by atoms with E-state index in [0.29, 0.717) is 22.8 Å². The zero-order valence-electron chi connectivity index (χ0n) is 12.3. The van der Waals surface area contributed by atoms with Crippen LogP contribution in [0, 0.1) is 0 Å². The molecular formula is C16H13N3O4. The van der Waals surface area contributed by atoms with Gasteiger partial charge in [0.2, 0.25) is 5.89 Å². The summed E-state index contributed by atoms with van der Waals surface area (Å²) >= 11 is 0. The molecule has 7 nitrogen and oxygen atoms in total. The van der Waals surface area contributed by atoms with Crippen LogP contribution in [0.2, 0.25) is 0 Å². The van der Waals surface area contributed by atoms with Crippen molar-refractivity contribution in [1.29, 1.82) is 0 Å². The first-order valence-electron chi connectivity index (χ1n) is 7.10. The number of imide groups is 1. The average Bonchev–Trinajstić information content (AvgIpc) is 3.23. The molecule has 1 fully saturated rings. The Hall–Kier alpha value is -3.09. The van der Waals surface area contributed by atoms with Crippen LogP contribution >= 0.6 is 0 Å². The zero-order chi connectivity index (χ0) is 16.0. The van der Waals surface area contributed by atoms with Crippen LogP contribution in [-0.4, -0.2) is 21.8 Å². The van der Waals surface area contributed by atoms with Crippen molar-refractivity contribution >= 4 is 23.0 Å². The Kier molecular flexibility index (Phi) is 2.77. The van der Waals surface area contributed by atoms with Crippen LogP contribution in [0.4, 0.5) is 4.79 Å². The lowest BCUT2D eigenvalue weighted by molar-refractivity contribution is -0.132. The zero-order valence-corrected chi connectivity index (χ0v) is 12.3. The minimum Gasteiger partial charge on any atom is -0.466 e. The number of carbonyl (C=O) groups excluding carboxylic acids is 2. The number of urea groups is 1. The number of nitrogens with zero attached hydrogens (tertiary/aromatic N) is 2. The third-order valence-corrected chi connectivity index (χ3v) is 3.92. The standard InChI is InChI=1S/C16H13N3O4/c1-16(12-7-4-8-22-12)14(20)19(15(21)18-16)9-13-17-10-5-2-3-6-11(10)23-13/h2-8H,9H2,1H3,(H,18,21)/t16-/m1/s1. The molecule has 1 saturated heterocycles. The number of amides is 3. The number of fused-ring (bicyclic) bond motifs is 1. The van der Waals surface area contributed by atoms with Crippen LogP contribution in [-0.2, 0) is 16.9 Å². The second-order valence-corrected chi connectivity index (χ2v) is 5.50. The van der Waals surface area contributed by atoms with Gasteiger partial charge in [0.1, 0.15) is 17.8 Å². The van der Waals surface area contributed by atoms with Crippen molar-refractivity contribution < 1.29 is 18.4 Å². The summed E-state index contributed by atoms with van der Waals surface area (Å²) in [7, 11) is 0. The number of benzene rings is 1. The van der Waals surface area contributed by atoms with Gasteiger partial charge in [-0.25, -0.2) is 9.78 Å². The van der Waals surface area contributed by atoms with E-state index in [4.69, 9.17) is 8.83 Å². The summed E-state index contributed by atoms with van der Waals surface area (Å²) in [5.74, 6) is 0.286. The predicted molar refractivity (Wildman–Crippen MR) is 79.2 cm³/mol. The number of hydrogen-bond acceptors (Lipinski definition) is 5. The van der Waals surface area contributed by atoms with E-state index in [2.05, 4.69) is 10.3 Å². The second-order valence-electron chi connectivity index (χ2n) is 5.50. The first-order valence-corrected chi connectivity index (χ1v) is 7.10. The highest BCUT2D eigenvalue weighted by molar-refractivity contribution is 6.06. The molecule has 1 aliphatic heterocycles. The lowest BCUT2D eigenvalue weighted by Crippen LogP contribution is -2.40. The molecule has 1 aromatic carbocycles. The van der Waals surface area contributed by atoms with Gasteiger partial charge in [0.05, 0.1) is 6.26 Å². The molecule has 116 valence electrons. The molecule has 0 aliphatic carbocycles. The largest absolute Gasteiger partial charge is 0.466 e. The first-order chi connectivity index (χ1) is 11.1. The molecule has 0 bridgehead atoms. The number of nitrogens with one attached hydrogen (secondary N) is 1. The number of oxazole rings is 1. The Morgan fingerprint density at radius 2 is 2.04 bits per heavy atom. The van der Waals surface area contributed by atoms with Crippen LogP contribution in [0.5, 0.6) is 0 Å². The van der Waals surface area contributed by atoms with E-state index >= 15 is 0 Å². The van der Waals surface area contributed by atoms with Crippen LogP contribution in [0.15, 0.2) is 51.5 Å². The van der Waals surface area contributed by atoms with Gasteiger partial charge < -0.3 is 14.2 Å². The van der Waals surface area contributed by atoms with Gasteiger partial charge in [-0.1, -0.05) is 12.1 Å². The summed E-state index contributed by atoms with van der Waals surface area (Å²) in [5.41, 5.74) is 0.0822. The molecule has 0 unspecified atom stereocenters. The highest BCUT2D eigenvalue weighted by atomic mass is 16.4. The van der Waals surface area contributed by atoms with E-state index in [0.717, 1.165) is 4.90 Å². The van der Waals surface area contributed by atoms with Crippen LogP contribution in [0.3, 0.4) is 0 Å². The maximum atomic E-state index is 12.7. The number of aromatic nitrogens is 1. The van der Waals surface area contributed by atoms with Crippen LogP contribution in [0.25, 0.3) is 11.1 Å². The highest BCUT2D eigenvalue weighted by Crippen LogP contribution is 2.30. The molecule has 7 heteroatoms. The van der Waals surface area contributed by atoms with E-state index in [1.165, 1.54) is 6.26 Å². The van der Waals surface area contributed by atoms with Crippen molar-refractivity contribution in [2.24, 2.45) is 0 Å². The molecule has 3 amide bonds. The normalized spacial score (nSPS) is 21.2. The Morgan fingerprint density at radius 1 is 1.22 bits per heavy atom. The summed E-state index contributed by atoms with van der Waals surface area (Å²) in [6.45, 7) is 1.58. The Morgan fingerprint density at radius 3 is 2.78 bits per heavy atom.